The van der Waals surface area contributed by atoms with Crippen LogP contribution in [0.2, 0.25) is 0 Å². The van der Waals surface area contributed by atoms with Crippen LogP contribution in [0.3, 0.4) is 0 Å². The molecule has 4 aromatic carbocycles. The van der Waals surface area contributed by atoms with Crippen LogP contribution in [0.15, 0.2) is 159 Å². The number of para-hydroxylation sites is 2. The van der Waals surface area contributed by atoms with Gasteiger partial charge in [-0.05, 0) is 58.7 Å². The van der Waals surface area contributed by atoms with Gasteiger partial charge in [0, 0.05) is 39.8 Å². The molecule has 0 atom stereocenters. The zero-order valence-electron chi connectivity index (χ0n) is 23.3. The number of allylic oxidation sites excluding steroid dienone is 8. The summed E-state index contributed by atoms with van der Waals surface area (Å²) in [7, 11) is 0. The Kier molecular flexibility index (Phi) is 7.48. The number of rotatable bonds is 8. The lowest BCUT2D eigenvalue weighted by Crippen LogP contribution is -1.93. The number of hydrogen-bond donors (Lipinski definition) is 1. The minimum atomic E-state index is 0.854. The van der Waals surface area contributed by atoms with Gasteiger partial charge in [-0.3, -0.25) is 4.98 Å². The molecule has 0 bridgehead atoms. The van der Waals surface area contributed by atoms with Crippen molar-refractivity contribution in [2.24, 2.45) is 5.73 Å². The first-order chi connectivity index (χ1) is 20.7. The van der Waals surface area contributed by atoms with E-state index in [4.69, 9.17) is 10.7 Å². The molecule has 3 nitrogen and oxygen atoms in total. The highest BCUT2D eigenvalue weighted by molar-refractivity contribution is 6.10. The Labute approximate surface area is 246 Å². The van der Waals surface area contributed by atoms with Crippen molar-refractivity contribution in [3.05, 3.63) is 176 Å². The summed E-state index contributed by atoms with van der Waals surface area (Å²) in [5.41, 5.74) is 15.4. The number of aromatic nitrogens is 2. The third-order valence-corrected chi connectivity index (χ3v) is 7.43. The van der Waals surface area contributed by atoms with Crippen LogP contribution in [0.1, 0.15) is 16.7 Å². The van der Waals surface area contributed by atoms with E-state index < -0.39 is 0 Å². The maximum absolute atomic E-state index is 6.21. The second-order valence-electron chi connectivity index (χ2n) is 9.99. The molecule has 6 aromatic rings. The van der Waals surface area contributed by atoms with Crippen molar-refractivity contribution in [2.45, 2.75) is 0 Å². The second kappa shape index (κ2) is 11.8. The van der Waals surface area contributed by atoms with Gasteiger partial charge in [-0.2, -0.15) is 0 Å². The number of nitrogens with zero attached hydrogens (tertiary/aromatic N) is 2. The zero-order valence-corrected chi connectivity index (χ0v) is 23.3. The van der Waals surface area contributed by atoms with Crippen molar-refractivity contribution in [3.63, 3.8) is 0 Å². The lowest BCUT2D eigenvalue weighted by molar-refractivity contribution is 1.18. The number of pyridine rings is 1. The van der Waals surface area contributed by atoms with Crippen LogP contribution in [0.25, 0.3) is 55.6 Å². The van der Waals surface area contributed by atoms with E-state index in [9.17, 15) is 0 Å². The summed E-state index contributed by atoms with van der Waals surface area (Å²) in [6, 6.07) is 33.7. The largest absolute Gasteiger partial charge is 0.404 e. The van der Waals surface area contributed by atoms with E-state index in [1.807, 2.05) is 48.7 Å². The zero-order chi connectivity index (χ0) is 28.9. The number of benzene rings is 4. The quantitative estimate of drug-likeness (QED) is 0.195. The summed E-state index contributed by atoms with van der Waals surface area (Å²) in [4.78, 5) is 4.70. The Hall–Kier alpha value is -5.67. The topological polar surface area (TPSA) is 43.8 Å². The summed E-state index contributed by atoms with van der Waals surface area (Å²) < 4.78 is 2.31. The van der Waals surface area contributed by atoms with E-state index in [2.05, 4.69) is 109 Å². The van der Waals surface area contributed by atoms with Gasteiger partial charge in [0.2, 0.25) is 0 Å². The molecule has 202 valence electrons. The van der Waals surface area contributed by atoms with Crippen LogP contribution < -0.4 is 5.73 Å². The molecule has 0 saturated carbocycles. The average Bonchev–Trinajstić information content (AvgIpc) is 3.37. The van der Waals surface area contributed by atoms with Gasteiger partial charge in [-0.25, -0.2) is 0 Å². The minimum absolute atomic E-state index is 0.854. The summed E-state index contributed by atoms with van der Waals surface area (Å²) in [5, 5.41) is 3.44. The number of hydrogen-bond acceptors (Lipinski definition) is 2. The lowest BCUT2D eigenvalue weighted by Gasteiger charge is -2.11. The van der Waals surface area contributed by atoms with Gasteiger partial charge in [-0.15, -0.1) is 0 Å². The Balaban J connectivity index is 1.40. The molecule has 0 aliphatic carbocycles. The van der Waals surface area contributed by atoms with E-state index in [0.29, 0.717) is 0 Å². The Bertz CT molecular complexity index is 2070. The van der Waals surface area contributed by atoms with E-state index in [1.54, 1.807) is 12.3 Å². The SMILES string of the molecule is C=C/C=C\C=C/c1ccc2cccnc2c1C(=C)/C=C\C(=C/N)c1ccc2c(c1)c1ccccc1n2-c1ccccc1. The van der Waals surface area contributed by atoms with Crippen molar-refractivity contribution < 1.29 is 0 Å². The highest BCUT2D eigenvalue weighted by atomic mass is 15.0. The minimum Gasteiger partial charge on any atom is -0.404 e. The van der Waals surface area contributed by atoms with Crippen molar-refractivity contribution >= 4 is 49.9 Å². The smallest absolute Gasteiger partial charge is 0.0786 e. The fraction of sp³-hybridized carbons (Fsp3) is 0. The maximum atomic E-state index is 6.21. The fourth-order valence-corrected chi connectivity index (χ4v) is 5.47. The monoisotopic (exact) mass is 541 g/mol. The molecule has 0 aliphatic heterocycles. The summed E-state index contributed by atoms with van der Waals surface area (Å²) in [5.74, 6) is 0. The number of nitrogens with two attached hydrogens (primary N) is 1. The molecular weight excluding hydrogens is 510 g/mol. The fourth-order valence-electron chi connectivity index (χ4n) is 5.47. The van der Waals surface area contributed by atoms with Crippen molar-refractivity contribution in [2.75, 3.05) is 0 Å². The van der Waals surface area contributed by atoms with Crippen LogP contribution in [0.5, 0.6) is 0 Å². The first-order valence-corrected chi connectivity index (χ1v) is 13.9. The standard InChI is InChI=1S/C39H31N3/c1-3-4-5-7-13-29-21-22-30-14-12-25-41-39(30)38(29)28(2)19-20-32(27-40)31-23-24-37-35(26-31)34-17-10-11-18-36(34)42(37)33-15-8-6-9-16-33/h3-27H,1-2,40H2/b5-4-,13-7-,20-19-,32-27+. The first kappa shape index (κ1) is 26.5. The lowest BCUT2D eigenvalue weighted by atomic mass is 9.95. The molecule has 0 radical (unpaired) electrons. The predicted molar refractivity (Wildman–Crippen MR) is 181 cm³/mol. The molecule has 2 heterocycles. The van der Waals surface area contributed by atoms with Gasteiger partial charge in [-0.1, -0.05) is 116 Å². The van der Waals surface area contributed by atoms with Gasteiger partial charge < -0.3 is 10.3 Å². The number of fused-ring (bicyclic) bond motifs is 4. The van der Waals surface area contributed by atoms with Crippen LogP contribution in [-0.4, -0.2) is 9.55 Å². The molecule has 0 aliphatic rings. The third-order valence-electron chi connectivity index (χ3n) is 7.43. The Morgan fingerprint density at radius 3 is 2.40 bits per heavy atom. The normalized spacial score (nSPS) is 12.4. The van der Waals surface area contributed by atoms with Crippen LogP contribution in [0.4, 0.5) is 0 Å². The summed E-state index contributed by atoms with van der Waals surface area (Å²) in [6.07, 6.45) is 17.2. The van der Waals surface area contributed by atoms with E-state index in [-0.39, 0.29) is 0 Å². The Morgan fingerprint density at radius 1 is 0.762 bits per heavy atom. The third kappa shape index (κ3) is 5.00. The molecule has 0 spiro atoms. The van der Waals surface area contributed by atoms with Crippen LogP contribution >= 0.6 is 0 Å². The molecule has 2 N–H and O–H groups in total. The average molecular weight is 542 g/mol. The van der Waals surface area contributed by atoms with Crippen LogP contribution in [-0.2, 0) is 0 Å². The van der Waals surface area contributed by atoms with Crippen molar-refractivity contribution in [1.82, 2.24) is 9.55 Å². The maximum Gasteiger partial charge on any atom is 0.0786 e. The van der Waals surface area contributed by atoms with E-state index in [1.165, 1.54) is 16.3 Å². The van der Waals surface area contributed by atoms with Crippen molar-refractivity contribution in [1.29, 1.82) is 0 Å². The van der Waals surface area contributed by atoms with Crippen LogP contribution in [0, 0.1) is 0 Å². The molecule has 0 amide bonds. The van der Waals surface area contributed by atoms with Crippen molar-refractivity contribution in [3.8, 4) is 5.69 Å². The second-order valence-corrected chi connectivity index (χ2v) is 9.99. The summed E-state index contributed by atoms with van der Waals surface area (Å²) in [6.45, 7) is 8.18. The molecule has 2 aromatic heterocycles. The first-order valence-electron chi connectivity index (χ1n) is 13.9. The predicted octanol–water partition coefficient (Wildman–Crippen LogP) is 9.66. The molecule has 42 heavy (non-hydrogen) atoms. The van der Waals surface area contributed by atoms with Gasteiger partial charge >= 0.3 is 0 Å². The van der Waals surface area contributed by atoms with Gasteiger partial charge in [0.05, 0.1) is 16.6 Å². The molecular formula is C39H31N3. The Morgan fingerprint density at radius 2 is 1.57 bits per heavy atom. The van der Waals surface area contributed by atoms with Gasteiger partial charge in [0.25, 0.3) is 0 Å². The summed E-state index contributed by atoms with van der Waals surface area (Å²) >= 11 is 0. The molecule has 0 saturated heterocycles. The van der Waals surface area contributed by atoms with E-state index in [0.717, 1.165) is 49.9 Å². The van der Waals surface area contributed by atoms with E-state index >= 15 is 0 Å². The highest BCUT2D eigenvalue weighted by Crippen LogP contribution is 2.34. The molecule has 0 fully saturated rings. The molecule has 6 rings (SSSR count). The van der Waals surface area contributed by atoms with Gasteiger partial charge in [0.15, 0.2) is 0 Å². The molecule has 0 unspecified atom stereocenters. The van der Waals surface area contributed by atoms with Gasteiger partial charge in [0.1, 0.15) is 0 Å². The molecule has 3 heteroatoms. The highest BCUT2D eigenvalue weighted by Gasteiger charge is 2.13.